The van der Waals surface area contributed by atoms with Crippen LogP contribution in [0.15, 0.2) is 24.3 Å². The van der Waals surface area contributed by atoms with E-state index in [2.05, 4.69) is 17.6 Å². The van der Waals surface area contributed by atoms with Crippen molar-refractivity contribution < 1.29 is 9.47 Å². The van der Waals surface area contributed by atoms with Crippen LogP contribution < -0.4 is 9.47 Å². The van der Waals surface area contributed by atoms with Gasteiger partial charge in [-0.2, -0.15) is 12.6 Å². The van der Waals surface area contributed by atoms with E-state index in [4.69, 9.17) is 9.47 Å². The number of hydrogen-bond donors (Lipinski definition) is 1. The van der Waals surface area contributed by atoms with Gasteiger partial charge in [0.1, 0.15) is 11.5 Å². The predicted octanol–water partition coefficient (Wildman–Crippen LogP) is 3.90. The van der Waals surface area contributed by atoms with Crippen LogP contribution in [0.2, 0.25) is 0 Å². The quantitative estimate of drug-likeness (QED) is 0.787. The Morgan fingerprint density at radius 2 is 1.80 bits per heavy atom. The fourth-order valence-electron chi connectivity index (χ4n) is 1.80. The Labute approximate surface area is 129 Å². The van der Waals surface area contributed by atoms with Crippen LogP contribution in [0.25, 0.3) is 0 Å². The molecule has 1 aromatic carbocycles. The molecule has 0 saturated heterocycles. The van der Waals surface area contributed by atoms with Gasteiger partial charge in [0, 0.05) is 17.1 Å². The van der Waals surface area contributed by atoms with Crippen molar-refractivity contribution in [3.05, 3.63) is 39.8 Å². The number of hydrogen-bond acceptors (Lipinski definition) is 5. The molecule has 3 nitrogen and oxygen atoms in total. The average Bonchev–Trinajstić information content (AvgIpc) is 2.81. The Kier molecular flexibility index (Phi) is 5.73. The fraction of sp³-hybridized carbons (Fsp3) is 0.400. The van der Waals surface area contributed by atoms with Gasteiger partial charge in [0.25, 0.3) is 0 Å². The lowest BCUT2D eigenvalue weighted by Gasteiger charge is -2.06. The van der Waals surface area contributed by atoms with Gasteiger partial charge in [-0.05, 0) is 38.1 Å². The summed E-state index contributed by atoms with van der Waals surface area (Å²) in [6.45, 7) is 5.31. The van der Waals surface area contributed by atoms with Crippen LogP contribution in [0.5, 0.6) is 11.5 Å². The largest absolute Gasteiger partial charge is 0.494 e. The molecule has 0 aliphatic heterocycles. The van der Waals surface area contributed by atoms with Crippen molar-refractivity contribution in [2.24, 2.45) is 0 Å². The minimum Gasteiger partial charge on any atom is -0.494 e. The lowest BCUT2D eigenvalue weighted by molar-refractivity contribution is 0.318. The molecule has 108 valence electrons. The second-order valence-corrected chi connectivity index (χ2v) is 5.76. The summed E-state index contributed by atoms with van der Waals surface area (Å²) in [5.41, 5.74) is 1.08. The van der Waals surface area contributed by atoms with Gasteiger partial charge in [-0.1, -0.05) is 0 Å². The first-order valence-electron chi connectivity index (χ1n) is 6.64. The maximum Gasteiger partial charge on any atom is 0.119 e. The number of aryl methyl sites for hydroxylation is 1. The molecule has 0 radical (unpaired) electrons. The first-order chi connectivity index (χ1) is 9.72. The third kappa shape index (κ3) is 4.15. The van der Waals surface area contributed by atoms with E-state index in [0.29, 0.717) is 13.2 Å². The normalized spacial score (nSPS) is 10.6. The number of ether oxygens (including phenoxy) is 2. The molecule has 0 aliphatic carbocycles. The molecule has 0 fully saturated rings. The summed E-state index contributed by atoms with van der Waals surface area (Å²) in [7, 11) is 0. The van der Waals surface area contributed by atoms with Crippen molar-refractivity contribution in [2.75, 3.05) is 13.2 Å². The summed E-state index contributed by atoms with van der Waals surface area (Å²) < 4.78 is 11.1. The first-order valence-corrected chi connectivity index (χ1v) is 8.09. The van der Waals surface area contributed by atoms with E-state index in [0.717, 1.165) is 34.4 Å². The zero-order valence-corrected chi connectivity index (χ0v) is 13.5. The molecule has 0 spiro atoms. The third-order valence-corrected chi connectivity index (χ3v) is 4.55. The molecular formula is C15H19NO2S2. The number of aromatic nitrogens is 1. The summed E-state index contributed by atoms with van der Waals surface area (Å²) in [4.78, 5) is 5.76. The Morgan fingerprint density at radius 1 is 1.15 bits per heavy atom. The molecule has 1 heterocycles. The minimum absolute atomic E-state index is 0.632. The van der Waals surface area contributed by atoms with Crippen LogP contribution in [0.4, 0.5) is 0 Å². The Balaban J connectivity index is 1.82. The van der Waals surface area contributed by atoms with Gasteiger partial charge in [0.05, 0.1) is 23.9 Å². The van der Waals surface area contributed by atoms with Gasteiger partial charge in [-0.15, -0.1) is 11.3 Å². The van der Waals surface area contributed by atoms with Crippen LogP contribution in [0, 0.1) is 6.92 Å². The Hall–Kier alpha value is -1.20. The molecule has 0 bridgehead atoms. The third-order valence-electron chi connectivity index (χ3n) is 2.80. The van der Waals surface area contributed by atoms with Gasteiger partial charge in [0.15, 0.2) is 0 Å². The molecule has 5 heteroatoms. The lowest BCUT2D eigenvalue weighted by Crippen LogP contribution is -2.01. The number of benzene rings is 1. The van der Waals surface area contributed by atoms with E-state index >= 15 is 0 Å². The van der Waals surface area contributed by atoms with Crippen molar-refractivity contribution >= 4 is 24.0 Å². The van der Waals surface area contributed by atoms with Gasteiger partial charge in [-0.25, -0.2) is 4.98 Å². The summed E-state index contributed by atoms with van der Waals surface area (Å²) in [5.74, 6) is 2.48. The minimum atomic E-state index is 0.632. The maximum atomic E-state index is 5.72. The monoisotopic (exact) mass is 309 g/mol. The second-order valence-electron chi connectivity index (χ2n) is 4.28. The van der Waals surface area contributed by atoms with Crippen LogP contribution in [0.3, 0.4) is 0 Å². The summed E-state index contributed by atoms with van der Waals surface area (Å²) in [6.07, 6.45) is 0.826. The van der Waals surface area contributed by atoms with E-state index in [9.17, 15) is 0 Å². The maximum absolute atomic E-state index is 5.72. The lowest BCUT2D eigenvalue weighted by atomic mass is 10.3. The van der Waals surface area contributed by atoms with Crippen molar-refractivity contribution in [1.82, 2.24) is 4.98 Å². The topological polar surface area (TPSA) is 31.4 Å². The van der Waals surface area contributed by atoms with Crippen LogP contribution in [-0.2, 0) is 12.2 Å². The Bertz CT molecular complexity index is 537. The molecule has 0 amide bonds. The number of thiol groups is 1. The van der Waals surface area contributed by atoms with Crippen molar-refractivity contribution in [3.8, 4) is 11.5 Å². The molecule has 20 heavy (non-hydrogen) atoms. The van der Waals surface area contributed by atoms with Gasteiger partial charge >= 0.3 is 0 Å². The molecular weight excluding hydrogens is 290 g/mol. The predicted molar refractivity (Wildman–Crippen MR) is 86.4 cm³/mol. The van der Waals surface area contributed by atoms with E-state index in [-0.39, 0.29) is 0 Å². The average molecular weight is 309 g/mol. The van der Waals surface area contributed by atoms with E-state index in [1.165, 1.54) is 4.88 Å². The van der Waals surface area contributed by atoms with E-state index in [1.807, 2.05) is 38.1 Å². The van der Waals surface area contributed by atoms with Crippen LogP contribution >= 0.6 is 24.0 Å². The molecule has 0 N–H and O–H groups in total. The standard InChI is InChI=1S/C15H19NO2S2/c1-3-17-12-4-6-13(7-5-12)18-9-8-15-16-11(2)14(10-19)20-15/h4-7,19H,3,8-10H2,1-2H3. The van der Waals surface area contributed by atoms with Crippen LogP contribution in [-0.4, -0.2) is 18.2 Å². The number of thiazole rings is 1. The molecule has 2 aromatic rings. The molecule has 0 aliphatic rings. The Morgan fingerprint density at radius 3 is 2.35 bits per heavy atom. The second kappa shape index (κ2) is 7.55. The molecule has 0 unspecified atom stereocenters. The summed E-state index contributed by atoms with van der Waals surface area (Å²) in [5, 5.41) is 1.11. The zero-order chi connectivity index (χ0) is 14.4. The summed E-state index contributed by atoms with van der Waals surface area (Å²) >= 11 is 6.01. The van der Waals surface area contributed by atoms with Gasteiger partial charge in [-0.3, -0.25) is 0 Å². The molecule has 1 aromatic heterocycles. The SMILES string of the molecule is CCOc1ccc(OCCc2nc(C)c(CS)s2)cc1. The number of nitrogens with zero attached hydrogens (tertiary/aromatic N) is 1. The highest BCUT2D eigenvalue weighted by molar-refractivity contribution is 7.79. The van der Waals surface area contributed by atoms with Crippen molar-refractivity contribution in [3.63, 3.8) is 0 Å². The molecule has 0 saturated carbocycles. The highest BCUT2D eigenvalue weighted by Gasteiger charge is 2.06. The fourth-order valence-corrected chi connectivity index (χ4v) is 3.13. The zero-order valence-electron chi connectivity index (χ0n) is 11.8. The molecule has 0 atom stereocenters. The van der Waals surface area contributed by atoms with Gasteiger partial charge < -0.3 is 9.47 Å². The number of rotatable bonds is 7. The highest BCUT2D eigenvalue weighted by atomic mass is 32.1. The summed E-state index contributed by atoms with van der Waals surface area (Å²) in [6, 6.07) is 7.70. The van der Waals surface area contributed by atoms with Crippen LogP contribution in [0.1, 0.15) is 22.5 Å². The van der Waals surface area contributed by atoms with E-state index in [1.54, 1.807) is 11.3 Å². The van der Waals surface area contributed by atoms with Gasteiger partial charge in [0.2, 0.25) is 0 Å². The highest BCUT2D eigenvalue weighted by Crippen LogP contribution is 2.21. The molecule has 2 rings (SSSR count). The van der Waals surface area contributed by atoms with E-state index < -0.39 is 0 Å². The smallest absolute Gasteiger partial charge is 0.119 e. The van der Waals surface area contributed by atoms with Crippen molar-refractivity contribution in [2.45, 2.75) is 26.0 Å². The van der Waals surface area contributed by atoms with Crippen molar-refractivity contribution in [1.29, 1.82) is 0 Å². The first kappa shape index (κ1) is 15.2.